The smallest absolute Gasteiger partial charge is 0.262 e. The molecule has 0 spiro atoms. The van der Waals surface area contributed by atoms with E-state index in [0.29, 0.717) is 11.3 Å². The highest BCUT2D eigenvalue weighted by molar-refractivity contribution is 7.92. The van der Waals surface area contributed by atoms with Gasteiger partial charge in [0.15, 0.2) is 0 Å². The summed E-state index contributed by atoms with van der Waals surface area (Å²) in [6.07, 6.45) is 3.00. The Hall–Kier alpha value is -1.99. The molecule has 2 aromatic rings. The molecule has 0 atom stereocenters. The molecule has 0 unspecified atom stereocenters. The van der Waals surface area contributed by atoms with Crippen molar-refractivity contribution in [2.75, 3.05) is 4.72 Å². The first-order chi connectivity index (χ1) is 9.83. The molecule has 21 heavy (non-hydrogen) atoms. The van der Waals surface area contributed by atoms with Crippen molar-refractivity contribution in [3.63, 3.8) is 0 Å². The summed E-state index contributed by atoms with van der Waals surface area (Å²) in [5, 5.41) is 0. The third-order valence-corrected chi connectivity index (χ3v) is 4.52. The molecule has 0 amide bonds. The zero-order valence-electron chi connectivity index (χ0n) is 11.7. The Morgan fingerprint density at radius 1 is 1.24 bits per heavy atom. The summed E-state index contributed by atoms with van der Waals surface area (Å²) in [4.78, 5) is 3.79. The van der Waals surface area contributed by atoms with Crippen molar-refractivity contribution >= 4 is 15.7 Å². The van der Waals surface area contributed by atoms with Crippen LogP contribution in [0.4, 0.5) is 10.1 Å². The molecule has 7 heteroatoms. The van der Waals surface area contributed by atoms with Crippen LogP contribution >= 0.6 is 0 Å². The Morgan fingerprint density at radius 3 is 2.57 bits per heavy atom. The number of rotatable bonds is 4. The Labute approximate surface area is 123 Å². The molecule has 2 rings (SSSR count). The van der Waals surface area contributed by atoms with Crippen LogP contribution < -0.4 is 10.5 Å². The summed E-state index contributed by atoms with van der Waals surface area (Å²) in [5.41, 5.74) is 7.08. The van der Waals surface area contributed by atoms with Crippen LogP contribution in [0.1, 0.15) is 16.7 Å². The Kier molecular flexibility index (Phi) is 4.24. The number of aryl methyl sites for hydroxylation is 1. The SMILES string of the molecule is Cc1cncc(NS(=O)(=O)c2cc(CN)cc(F)c2C)c1. The number of hydrogen-bond donors (Lipinski definition) is 2. The first-order valence-corrected chi connectivity index (χ1v) is 7.75. The van der Waals surface area contributed by atoms with Gasteiger partial charge in [0.1, 0.15) is 5.82 Å². The third-order valence-electron chi connectivity index (χ3n) is 3.01. The molecule has 0 saturated carbocycles. The summed E-state index contributed by atoms with van der Waals surface area (Å²) in [6, 6.07) is 4.26. The van der Waals surface area contributed by atoms with Gasteiger partial charge in [0.05, 0.1) is 16.8 Å². The highest BCUT2D eigenvalue weighted by atomic mass is 32.2. The lowest BCUT2D eigenvalue weighted by molar-refractivity contribution is 0.589. The van der Waals surface area contributed by atoms with E-state index in [1.165, 1.54) is 25.3 Å². The van der Waals surface area contributed by atoms with E-state index >= 15 is 0 Å². The minimum absolute atomic E-state index is 0.0558. The predicted molar refractivity (Wildman–Crippen MR) is 78.8 cm³/mol. The summed E-state index contributed by atoms with van der Waals surface area (Å²) < 4.78 is 41.0. The molecule has 0 aliphatic rings. The normalized spacial score (nSPS) is 11.4. The number of nitrogens with one attached hydrogen (secondary N) is 1. The van der Waals surface area contributed by atoms with Gasteiger partial charge in [-0.3, -0.25) is 9.71 Å². The number of pyridine rings is 1. The van der Waals surface area contributed by atoms with Crippen molar-refractivity contribution in [3.05, 3.63) is 53.1 Å². The molecule has 5 nitrogen and oxygen atoms in total. The highest BCUT2D eigenvalue weighted by Crippen LogP contribution is 2.23. The number of nitrogens with zero attached hydrogens (tertiary/aromatic N) is 1. The number of benzene rings is 1. The second kappa shape index (κ2) is 5.79. The molecule has 0 saturated heterocycles. The van der Waals surface area contributed by atoms with Crippen molar-refractivity contribution in [2.24, 2.45) is 5.73 Å². The van der Waals surface area contributed by atoms with Crippen molar-refractivity contribution in [3.8, 4) is 0 Å². The predicted octanol–water partition coefficient (Wildman–Crippen LogP) is 2.10. The fourth-order valence-electron chi connectivity index (χ4n) is 1.92. The van der Waals surface area contributed by atoms with Gasteiger partial charge in [0.2, 0.25) is 0 Å². The number of sulfonamides is 1. The molecule has 0 fully saturated rings. The van der Waals surface area contributed by atoms with Crippen LogP contribution in [-0.2, 0) is 16.6 Å². The molecule has 1 heterocycles. The Morgan fingerprint density at radius 2 is 1.95 bits per heavy atom. The molecule has 1 aromatic carbocycles. The fraction of sp³-hybridized carbons (Fsp3) is 0.214. The molecule has 0 aliphatic carbocycles. The lowest BCUT2D eigenvalue weighted by Gasteiger charge is -2.12. The van der Waals surface area contributed by atoms with Crippen LogP contribution in [0, 0.1) is 19.7 Å². The molecular formula is C14H16FN3O2S. The maximum absolute atomic E-state index is 13.8. The van der Waals surface area contributed by atoms with Gasteiger partial charge in [0.25, 0.3) is 10.0 Å². The monoisotopic (exact) mass is 309 g/mol. The molecule has 1 aromatic heterocycles. The zero-order valence-corrected chi connectivity index (χ0v) is 12.5. The lowest BCUT2D eigenvalue weighted by Crippen LogP contribution is -2.16. The van der Waals surface area contributed by atoms with E-state index in [1.54, 1.807) is 19.2 Å². The van der Waals surface area contributed by atoms with E-state index in [4.69, 9.17) is 5.73 Å². The Bertz CT molecular complexity index is 776. The maximum Gasteiger partial charge on any atom is 0.262 e. The van der Waals surface area contributed by atoms with Crippen LogP contribution in [0.3, 0.4) is 0 Å². The number of hydrogen-bond acceptors (Lipinski definition) is 4. The molecule has 0 bridgehead atoms. The Balaban J connectivity index is 2.47. The molecule has 112 valence electrons. The molecule has 3 N–H and O–H groups in total. The van der Waals surface area contributed by atoms with Gasteiger partial charge in [-0.25, -0.2) is 12.8 Å². The summed E-state index contributed by atoms with van der Waals surface area (Å²) in [6.45, 7) is 3.27. The first kappa shape index (κ1) is 15.4. The van der Waals surface area contributed by atoms with E-state index < -0.39 is 15.8 Å². The van der Waals surface area contributed by atoms with Gasteiger partial charge in [-0.2, -0.15) is 0 Å². The van der Waals surface area contributed by atoms with E-state index in [1.807, 2.05) is 0 Å². The second-order valence-corrected chi connectivity index (χ2v) is 6.41. The fourth-order valence-corrected chi connectivity index (χ4v) is 3.26. The van der Waals surface area contributed by atoms with Gasteiger partial charge < -0.3 is 5.73 Å². The molecule has 0 aliphatic heterocycles. The average Bonchev–Trinajstić information content (AvgIpc) is 2.41. The number of aromatic nitrogens is 1. The maximum atomic E-state index is 13.8. The van der Waals surface area contributed by atoms with Gasteiger partial charge in [-0.05, 0) is 43.2 Å². The standard InChI is InChI=1S/C14H16FN3O2S/c1-9-3-12(8-17-7-9)18-21(19,20)14-5-11(6-16)4-13(15)10(14)2/h3-5,7-8,18H,6,16H2,1-2H3. The van der Waals surface area contributed by atoms with Crippen LogP contribution in [-0.4, -0.2) is 13.4 Å². The van der Waals surface area contributed by atoms with Crippen molar-refractivity contribution in [1.82, 2.24) is 4.98 Å². The van der Waals surface area contributed by atoms with Gasteiger partial charge in [0, 0.05) is 18.3 Å². The van der Waals surface area contributed by atoms with Gasteiger partial charge in [-0.15, -0.1) is 0 Å². The minimum atomic E-state index is -3.90. The third kappa shape index (κ3) is 3.37. The van der Waals surface area contributed by atoms with Gasteiger partial charge in [-0.1, -0.05) is 0 Å². The summed E-state index contributed by atoms with van der Waals surface area (Å²) in [7, 11) is -3.90. The van der Waals surface area contributed by atoms with Crippen LogP contribution in [0.5, 0.6) is 0 Å². The van der Waals surface area contributed by atoms with Crippen molar-refractivity contribution < 1.29 is 12.8 Å². The summed E-state index contributed by atoms with van der Waals surface area (Å²) >= 11 is 0. The molecular weight excluding hydrogens is 293 g/mol. The zero-order chi connectivity index (χ0) is 15.6. The molecule has 0 radical (unpaired) electrons. The first-order valence-electron chi connectivity index (χ1n) is 6.27. The summed E-state index contributed by atoms with van der Waals surface area (Å²) in [5.74, 6) is -0.597. The van der Waals surface area contributed by atoms with Crippen LogP contribution in [0.25, 0.3) is 0 Å². The van der Waals surface area contributed by atoms with Crippen LogP contribution in [0.15, 0.2) is 35.5 Å². The average molecular weight is 309 g/mol. The van der Waals surface area contributed by atoms with Crippen LogP contribution in [0.2, 0.25) is 0 Å². The van der Waals surface area contributed by atoms with Gasteiger partial charge >= 0.3 is 0 Å². The van der Waals surface area contributed by atoms with E-state index in [0.717, 1.165) is 5.56 Å². The minimum Gasteiger partial charge on any atom is -0.326 e. The van der Waals surface area contributed by atoms with E-state index in [9.17, 15) is 12.8 Å². The van der Waals surface area contributed by atoms with Crippen molar-refractivity contribution in [1.29, 1.82) is 0 Å². The number of anilines is 1. The van der Waals surface area contributed by atoms with Crippen molar-refractivity contribution in [2.45, 2.75) is 25.3 Å². The second-order valence-electron chi connectivity index (χ2n) is 4.76. The lowest BCUT2D eigenvalue weighted by atomic mass is 10.1. The van der Waals surface area contributed by atoms with E-state index in [2.05, 4.69) is 9.71 Å². The highest BCUT2D eigenvalue weighted by Gasteiger charge is 2.20. The largest absolute Gasteiger partial charge is 0.326 e. The van der Waals surface area contributed by atoms with E-state index in [-0.39, 0.29) is 17.0 Å². The number of halogens is 1. The quantitative estimate of drug-likeness (QED) is 0.905. The number of nitrogens with two attached hydrogens (primary N) is 1. The topological polar surface area (TPSA) is 85.1 Å².